The summed E-state index contributed by atoms with van der Waals surface area (Å²) in [5, 5.41) is 6.83. The fourth-order valence-electron chi connectivity index (χ4n) is 3.46. The average Bonchev–Trinajstić information content (AvgIpc) is 3.19. The minimum atomic E-state index is -0.860. The van der Waals surface area contributed by atoms with Crippen molar-refractivity contribution in [3.8, 4) is 0 Å². The predicted molar refractivity (Wildman–Crippen MR) is 93.5 cm³/mol. The molecule has 6 heteroatoms. The number of fused-ring (bicyclic) bond motifs is 1. The van der Waals surface area contributed by atoms with E-state index in [2.05, 4.69) is 39.6 Å². The topological polar surface area (TPSA) is 89.2 Å². The molecule has 0 aliphatic heterocycles. The number of hydrogen-bond donors (Lipinski definition) is 3. The van der Waals surface area contributed by atoms with Crippen LogP contribution in [0.3, 0.4) is 0 Å². The summed E-state index contributed by atoms with van der Waals surface area (Å²) in [4.78, 5) is 23.7. The van der Waals surface area contributed by atoms with E-state index in [0.717, 1.165) is 25.8 Å². The van der Waals surface area contributed by atoms with Crippen LogP contribution in [0.25, 0.3) is 10.9 Å². The fraction of sp³-hybridized carbons (Fsp3) is 0.444. The summed E-state index contributed by atoms with van der Waals surface area (Å²) < 4.78 is 2.18. The van der Waals surface area contributed by atoms with Gasteiger partial charge in [-0.15, -0.1) is 0 Å². The number of carbonyl (C=O) groups excluding carboxylic acids is 2. The van der Waals surface area contributed by atoms with Gasteiger partial charge in [-0.2, -0.15) is 0 Å². The second-order valence-electron chi connectivity index (χ2n) is 6.46. The largest absolute Gasteiger partial charge is 0.368 e. The van der Waals surface area contributed by atoms with E-state index in [1.165, 1.54) is 10.9 Å². The molecule has 1 heterocycles. The number of aromatic nitrogens is 1. The molecule has 1 fully saturated rings. The molecule has 0 bridgehead atoms. The zero-order valence-electron chi connectivity index (χ0n) is 13.8. The SMILES string of the molecule is NC(=O)C1(NC(=O)NCCCn2ccc3ccccc32)CCCC1. The lowest BCUT2D eigenvalue weighted by atomic mass is 9.97. The first-order valence-corrected chi connectivity index (χ1v) is 8.50. The molecular formula is C18H24N4O2. The van der Waals surface area contributed by atoms with Gasteiger partial charge in [0.1, 0.15) is 5.54 Å². The molecule has 6 nitrogen and oxygen atoms in total. The van der Waals surface area contributed by atoms with Crippen LogP contribution in [0.2, 0.25) is 0 Å². The van der Waals surface area contributed by atoms with Crippen LogP contribution in [0, 0.1) is 0 Å². The first-order chi connectivity index (χ1) is 11.6. The summed E-state index contributed by atoms with van der Waals surface area (Å²) in [6.45, 7) is 1.38. The number of nitrogens with one attached hydrogen (secondary N) is 2. The fourth-order valence-corrected chi connectivity index (χ4v) is 3.46. The van der Waals surface area contributed by atoms with E-state index >= 15 is 0 Å². The molecule has 0 saturated heterocycles. The third-order valence-corrected chi connectivity index (χ3v) is 4.82. The Balaban J connectivity index is 1.46. The monoisotopic (exact) mass is 328 g/mol. The van der Waals surface area contributed by atoms with Gasteiger partial charge in [0.25, 0.3) is 0 Å². The van der Waals surface area contributed by atoms with E-state index < -0.39 is 11.4 Å². The summed E-state index contributed by atoms with van der Waals surface area (Å²) >= 11 is 0. The quantitative estimate of drug-likeness (QED) is 0.709. The number of amides is 3. The van der Waals surface area contributed by atoms with Gasteiger partial charge < -0.3 is 20.9 Å². The Morgan fingerprint density at radius 3 is 2.67 bits per heavy atom. The molecule has 3 rings (SSSR count). The van der Waals surface area contributed by atoms with E-state index in [0.29, 0.717) is 19.4 Å². The molecule has 0 spiro atoms. The first kappa shape index (κ1) is 16.4. The average molecular weight is 328 g/mol. The van der Waals surface area contributed by atoms with Crippen LogP contribution >= 0.6 is 0 Å². The van der Waals surface area contributed by atoms with Crippen molar-refractivity contribution in [3.63, 3.8) is 0 Å². The van der Waals surface area contributed by atoms with Crippen LogP contribution in [0.5, 0.6) is 0 Å². The number of para-hydroxylation sites is 1. The van der Waals surface area contributed by atoms with Gasteiger partial charge in [-0.1, -0.05) is 31.0 Å². The molecule has 1 aliphatic carbocycles. The van der Waals surface area contributed by atoms with Crippen LogP contribution in [-0.4, -0.2) is 28.6 Å². The second-order valence-corrected chi connectivity index (χ2v) is 6.46. The highest BCUT2D eigenvalue weighted by atomic mass is 16.2. The van der Waals surface area contributed by atoms with Gasteiger partial charge in [-0.25, -0.2) is 4.79 Å². The molecule has 0 radical (unpaired) electrons. The third-order valence-electron chi connectivity index (χ3n) is 4.82. The van der Waals surface area contributed by atoms with Crippen molar-refractivity contribution in [1.82, 2.24) is 15.2 Å². The molecule has 4 N–H and O–H groups in total. The van der Waals surface area contributed by atoms with Crippen molar-refractivity contribution >= 4 is 22.8 Å². The van der Waals surface area contributed by atoms with Crippen LogP contribution in [0.15, 0.2) is 36.5 Å². The number of nitrogens with zero attached hydrogens (tertiary/aromatic N) is 1. The lowest BCUT2D eigenvalue weighted by molar-refractivity contribution is -0.123. The Hall–Kier alpha value is -2.50. The molecule has 0 unspecified atom stereocenters. The van der Waals surface area contributed by atoms with E-state index in [1.807, 2.05) is 12.1 Å². The minimum absolute atomic E-state index is 0.312. The molecule has 3 amide bonds. The molecule has 128 valence electrons. The minimum Gasteiger partial charge on any atom is -0.368 e. The van der Waals surface area contributed by atoms with Crippen molar-refractivity contribution in [2.75, 3.05) is 6.54 Å². The highest BCUT2D eigenvalue weighted by Crippen LogP contribution is 2.29. The maximum absolute atomic E-state index is 12.0. The number of nitrogens with two attached hydrogens (primary N) is 1. The highest BCUT2D eigenvalue weighted by Gasteiger charge is 2.40. The summed E-state index contributed by atoms with van der Waals surface area (Å²) in [6, 6.07) is 10.00. The van der Waals surface area contributed by atoms with Crippen molar-refractivity contribution < 1.29 is 9.59 Å². The van der Waals surface area contributed by atoms with Crippen molar-refractivity contribution in [2.24, 2.45) is 5.73 Å². The van der Waals surface area contributed by atoms with Crippen molar-refractivity contribution in [1.29, 1.82) is 0 Å². The maximum Gasteiger partial charge on any atom is 0.315 e. The Morgan fingerprint density at radius 2 is 1.92 bits per heavy atom. The van der Waals surface area contributed by atoms with E-state index in [1.54, 1.807) is 0 Å². The maximum atomic E-state index is 12.0. The zero-order chi connectivity index (χ0) is 17.0. The predicted octanol–water partition coefficient (Wildman–Crippen LogP) is 2.13. The van der Waals surface area contributed by atoms with Crippen LogP contribution in [-0.2, 0) is 11.3 Å². The molecule has 0 atom stereocenters. The van der Waals surface area contributed by atoms with Crippen LogP contribution in [0.1, 0.15) is 32.1 Å². The Kier molecular flexibility index (Phi) is 4.74. The summed E-state index contributed by atoms with van der Waals surface area (Å²) in [5.74, 6) is -0.436. The van der Waals surface area contributed by atoms with E-state index in [4.69, 9.17) is 5.73 Å². The number of primary amides is 1. The standard InChI is InChI=1S/C18H24N4O2/c19-16(23)18(9-3-4-10-18)21-17(24)20-11-5-12-22-13-8-14-6-1-2-7-15(14)22/h1-2,6-8,13H,3-5,9-12H2,(H2,19,23)(H2,20,21,24). The van der Waals surface area contributed by atoms with Gasteiger partial charge in [-0.3, -0.25) is 4.79 Å². The molecular weight excluding hydrogens is 304 g/mol. The summed E-state index contributed by atoms with van der Waals surface area (Å²) in [6.07, 6.45) is 5.98. The Bertz CT molecular complexity index is 731. The highest BCUT2D eigenvalue weighted by molar-refractivity contribution is 5.90. The van der Waals surface area contributed by atoms with Gasteiger partial charge in [-0.05, 0) is 36.8 Å². The number of carbonyl (C=O) groups is 2. The molecule has 1 aromatic carbocycles. The molecule has 2 aromatic rings. The number of benzene rings is 1. The van der Waals surface area contributed by atoms with Gasteiger partial charge in [0, 0.05) is 24.8 Å². The summed E-state index contributed by atoms with van der Waals surface area (Å²) in [5.41, 5.74) is 5.80. The van der Waals surface area contributed by atoms with Gasteiger partial charge in [0.15, 0.2) is 0 Å². The normalized spacial score (nSPS) is 16.2. The molecule has 24 heavy (non-hydrogen) atoms. The van der Waals surface area contributed by atoms with E-state index in [9.17, 15) is 9.59 Å². The lowest BCUT2D eigenvalue weighted by Gasteiger charge is -2.26. The Morgan fingerprint density at radius 1 is 1.17 bits per heavy atom. The number of hydrogen-bond acceptors (Lipinski definition) is 2. The van der Waals surface area contributed by atoms with Gasteiger partial charge >= 0.3 is 6.03 Å². The molecule has 1 saturated carbocycles. The van der Waals surface area contributed by atoms with Crippen molar-refractivity contribution in [2.45, 2.75) is 44.2 Å². The summed E-state index contributed by atoms with van der Waals surface area (Å²) in [7, 11) is 0. The first-order valence-electron chi connectivity index (χ1n) is 8.50. The van der Waals surface area contributed by atoms with Crippen molar-refractivity contribution in [3.05, 3.63) is 36.5 Å². The smallest absolute Gasteiger partial charge is 0.315 e. The molecule has 1 aliphatic rings. The number of aryl methyl sites for hydroxylation is 1. The van der Waals surface area contributed by atoms with Crippen LogP contribution in [0.4, 0.5) is 4.79 Å². The van der Waals surface area contributed by atoms with Gasteiger partial charge in [0.2, 0.25) is 5.91 Å². The number of urea groups is 1. The lowest BCUT2D eigenvalue weighted by Crippen LogP contribution is -2.58. The van der Waals surface area contributed by atoms with E-state index in [-0.39, 0.29) is 6.03 Å². The Labute approximate surface area is 141 Å². The van der Waals surface area contributed by atoms with Crippen LogP contribution < -0.4 is 16.4 Å². The number of rotatable bonds is 6. The van der Waals surface area contributed by atoms with Gasteiger partial charge in [0.05, 0.1) is 0 Å². The zero-order valence-corrected chi connectivity index (χ0v) is 13.8. The third kappa shape index (κ3) is 3.37. The molecule has 1 aromatic heterocycles. The second kappa shape index (κ2) is 6.95.